The maximum atomic E-state index is 11.7. The third-order valence-electron chi connectivity index (χ3n) is 3.21. The lowest BCUT2D eigenvalue weighted by Gasteiger charge is -2.22. The van der Waals surface area contributed by atoms with E-state index >= 15 is 0 Å². The van der Waals surface area contributed by atoms with Crippen molar-refractivity contribution in [2.24, 2.45) is 5.73 Å². The molecule has 0 aliphatic heterocycles. The lowest BCUT2D eigenvalue weighted by molar-refractivity contribution is -0.122. The molecule has 1 amide bonds. The van der Waals surface area contributed by atoms with Crippen molar-refractivity contribution in [2.75, 3.05) is 13.2 Å². The zero-order valence-corrected chi connectivity index (χ0v) is 11.1. The first-order chi connectivity index (χ1) is 8.02. The summed E-state index contributed by atoms with van der Waals surface area (Å²) in [7, 11) is 0. The second kappa shape index (κ2) is 6.97. The molecule has 1 saturated carbocycles. The number of carbonyl (C=O) groups excluding carboxylic acids is 1. The van der Waals surface area contributed by atoms with Crippen molar-refractivity contribution in [1.82, 2.24) is 5.32 Å². The van der Waals surface area contributed by atoms with E-state index < -0.39 is 0 Å². The number of hydrogen-bond donors (Lipinski definition) is 2. The fraction of sp³-hybridized carbons (Fsp3) is 0.923. The van der Waals surface area contributed by atoms with Crippen molar-refractivity contribution in [3.8, 4) is 0 Å². The van der Waals surface area contributed by atoms with E-state index in [1.807, 2.05) is 13.8 Å². The summed E-state index contributed by atoms with van der Waals surface area (Å²) < 4.78 is 5.40. The van der Waals surface area contributed by atoms with Gasteiger partial charge in [0.05, 0.1) is 6.10 Å². The smallest absolute Gasteiger partial charge is 0.221 e. The van der Waals surface area contributed by atoms with Crippen molar-refractivity contribution < 1.29 is 9.53 Å². The molecule has 4 heteroatoms. The lowest BCUT2D eigenvalue weighted by atomic mass is 9.94. The van der Waals surface area contributed by atoms with Gasteiger partial charge in [0.15, 0.2) is 0 Å². The lowest BCUT2D eigenvalue weighted by Crippen LogP contribution is -2.42. The Balaban J connectivity index is 2.05. The van der Waals surface area contributed by atoms with Crippen LogP contribution in [0.3, 0.4) is 0 Å². The molecule has 0 unspecified atom stereocenters. The van der Waals surface area contributed by atoms with E-state index in [4.69, 9.17) is 10.5 Å². The normalized spacial score (nSPS) is 18.6. The van der Waals surface area contributed by atoms with Crippen LogP contribution in [-0.2, 0) is 9.53 Å². The SMILES string of the molecule is CC(C)OCCCNC(=O)CC1(N)CCCC1. The predicted octanol–water partition coefficient (Wildman–Crippen LogP) is 1.58. The summed E-state index contributed by atoms with van der Waals surface area (Å²) in [5, 5.41) is 2.91. The summed E-state index contributed by atoms with van der Waals surface area (Å²) in [5.74, 6) is 0.0824. The fourth-order valence-electron chi connectivity index (χ4n) is 2.26. The van der Waals surface area contributed by atoms with Gasteiger partial charge in [-0.1, -0.05) is 12.8 Å². The summed E-state index contributed by atoms with van der Waals surface area (Å²) in [5.41, 5.74) is 5.91. The van der Waals surface area contributed by atoms with Crippen LogP contribution in [0.5, 0.6) is 0 Å². The number of rotatable bonds is 7. The fourth-order valence-corrected chi connectivity index (χ4v) is 2.26. The molecule has 0 heterocycles. The molecule has 4 nitrogen and oxygen atoms in total. The van der Waals surface area contributed by atoms with Gasteiger partial charge in [0.1, 0.15) is 0 Å². The number of hydrogen-bond acceptors (Lipinski definition) is 3. The Hall–Kier alpha value is -0.610. The van der Waals surface area contributed by atoms with Gasteiger partial charge < -0.3 is 15.8 Å². The van der Waals surface area contributed by atoms with Gasteiger partial charge >= 0.3 is 0 Å². The Morgan fingerprint density at radius 1 is 1.41 bits per heavy atom. The van der Waals surface area contributed by atoms with E-state index in [9.17, 15) is 4.79 Å². The summed E-state index contributed by atoms with van der Waals surface area (Å²) in [6, 6.07) is 0. The van der Waals surface area contributed by atoms with Crippen LogP contribution in [0.1, 0.15) is 52.4 Å². The zero-order valence-electron chi connectivity index (χ0n) is 11.1. The monoisotopic (exact) mass is 242 g/mol. The van der Waals surface area contributed by atoms with Gasteiger partial charge in [-0.25, -0.2) is 0 Å². The standard InChI is InChI=1S/C13H26N2O2/c1-11(2)17-9-5-8-15-12(16)10-13(14)6-3-4-7-13/h11H,3-10,14H2,1-2H3,(H,15,16). The molecule has 0 aromatic rings. The van der Waals surface area contributed by atoms with Crippen molar-refractivity contribution in [1.29, 1.82) is 0 Å². The van der Waals surface area contributed by atoms with E-state index in [2.05, 4.69) is 5.32 Å². The van der Waals surface area contributed by atoms with E-state index in [0.717, 1.165) is 32.1 Å². The molecule has 0 spiro atoms. The van der Waals surface area contributed by atoms with Gasteiger partial charge in [0, 0.05) is 25.1 Å². The van der Waals surface area contributed by atoms with Crippen molar-refractivity contribution in [2.45, 2.75) is 64.0 Å². The quantitative estimate of drug-likeness (QED) is 0.666. The van der Waals surface area contributed by atoms with Crippen LogP contribution in [-0.4, -0.2) is 30.7 Å². The maximum absolute atomic E-state index is 11.7. The zero-order chi connectivity index (χ0) is 12.7. The number of nitrogens with two attached hydrogens (primary N) is 1. The number of amides is 1. The first-order valence-electron chi connectivity index (χ1n) is 6.69. The minimum Gasteiger partial charge on any atom is -0.379 e. The number of carbonyl (C=O) groups is 1. The van der Waals surface area contributed by atoms with E-state index in [1.54, 1.807) is 0 Å². The largest absolute Gasteiger partial charge is 0.379 e. The molecule has 17 heavy (non-hydrogen) atoms. The van der Waals surface area contributed by atoms with Crippen LogP contribution >= 0.6 is 0 Å². The van der Waals surface area contributed by atoms with Crippen LogP contribution in [0, 0.1) is 0 Å². The number of ether oxygens (including phenoxy) is 1. The third-order valence-corrected chi connectivity index (χ3v) is 3.21. The predicted molar refractivity (Wildman–Crippen MR) is 68.7 cm³/mol. The van der Waals surface area contributed by atoms with Crippen LogP contribution in [0.4, 0.5) is 0 Å². The van der Waals surface area contributed by atoms with Crippen molar-refractivity contribution in [3.05, 3.63) is 0 Å². The topological polar surface area (TPSA) is 64.3 Å². The van der Waals surface area contributed by atoms with E-state index in [0.29, 0.717) is 19.6 Å². The Kier molecular flexibility index (Phi) is 5.92. The summed E-state index contributed by atoms with van der Waals surface area (Å²) in [6.45, 7) is 5.40. The molecular weight excluding hydrogens is 216 g/mol. The highest BCUT2D eigenvalue weighted by Gasteiger charge is 2.31. The molecule has 1 rings (SSSR count). The molecule has 0 radical (unpaired) electrons. The van der Waals surface area contributed by atoms with Crippen molar-refractivity contribution in [3.63, 3.8) is 0 Å². The Bertz CT molecular complexity index is 236. The second-order valence-electron chi connectivity index (χ2n) is 5.37. The Morgan fingerprint density at radius 2 is 2.06 bits per heavy atom. The minimum absolute atomic E-state index is 0.0824. The summed E-state index contributed by atoms with van der Waals surface area (Å²) in [4.78, 5) is 11.7. The molecule has 0 atom stereocenters. The molecule has 0 saturated heterocycles. The molecule has 0 bridgehead atoms. The summed E-state index contributed by atoms with van der Waals surface area (Å²) >= 11 is 0. The highest BCUT2D eigenvalue weighted by atomic mass is 16.5. The molecule has 1 aliphatic carbocycles. The maximum Gasteiger partial charge on any atom is 0.221 e. The molecule has 0 aromatic carbocycles. The van der Waals surface area contributed by atoms with Gasteiger partial charge in [-0.15, -0.1) is 0 Å². The van der Waals surface area contributed by atoms with Gasteiger partial charge in [0.2, 0.25) is 5.91 Å². The van der Waals surface area contributed by atoms with Crippen LogP contribution in [0.2, 0.25) is 0 Å². The average molecular weight is 242 g/mol. The van der Waals surface area contributed by atoms with Crippen molar-refractivity contribution >= 4 is 5.91 Å². The molecule has 100 valence electrons. The van der Waals surface area contributed by atoms with E-state index in [1.165, 1.54) is 0 Å². The Morgan fingerprint density at radius 3 is 2.65 bits per heavy atom. The second-order valence-corrected chi connectivity index (χ2v) is 5.37. The number of nitrogens with one attached hydrogen (secondary N) is 1. The molecule has 1 aliphatic rings. The van der Waals surface area contributed by atoms with Crippen LogP contribution in [0.25, 0.3) is 0 Å². The van der Waals surface area contributed by atoms with E-state index in [-0.39, 0.29) is 17.6 Å². The average Bonchev–Trinajstić information content (AvgIpc) is 2.63. The van der Waals surface area contributed by atoms with Crippen LogP contribution < -0.4 is 11.1 Å². The van der Waals surface area contributed by atoms with Gasteiger partial charge in [-0.2, -0.15) is 0 Å². The highest BCUT2D eigenvalue weighted by molar-refractivity contribution is 5.77. The first-order valence-corrected chi connectivity index (χ1v) is 6.69. The Labute approximate surface area is 104 Å². The molecule has 0 aromatic heterocycles. The highest BCUT2D eigenvalue weighted by Crippen LogP contribution is 2.29. The molecular formula is C13H26N2O2. The minimum atomic E-state index is -0.238. The van der Waals surface area contributed by atoms with Gasteiger partial charge in [-0.05, 0) is 33.1 Å². The first kappa shape index (κ1) is 14.5. The molecule has 3 N–H and O–H groups in total. The van der Waals surface area contributed by atoms with Crippen LogP contribution in [0.15, 0.2) is 0 Å². The van der Waals surface area contributed by atoms with Gasteiger partial charge in [0.25, 0.3) is 0 Å². The molecule has 1 fully saturated rings. The summed E-state index contributed by atoms with van der Waals surface area (Å²) in [6.07, 6.45) is 5.88. The third kappa shape index (κ3) is 6.03. The van der Waals surface area contributed by atoms with Gasteiger partial charge in [-0.3, -0.25) is 4.79 Å².